The molecule has 0 radical (unpaired) electrons. The third-order valence-corrected chi connectivity index (χ3v) is 10.3. The topological polar surface area (TPSA) is 124 Å². The van der Waals surface area contributed by atoms with Crippen molar-refractivity contribution < 1.29 is 28.8 Å². The first-order chi connectivity index (χ1) is 16.7. The number of fused-ring (bicyclic) bond motifs is 5. The summed E-state index contributed by atoms with van der Waals surface area (Å²) < 4.78 is 5.18. The number of nitro groups is 1. The number of non-ortho nitro benzene ring substituents is 1. The predicted molar refractivity (Wildman–Crippen MR) is 131 cm³/mol. The first-order valence-corrected chi connectivity index (χ1v) is 12.7. The van der Waals surface area contributed by atoms with Crippen LogP contribution >= 0.6 is 31.9 Å². The van der Waals surface area contributed by atoms with Gasteiger partial charge in [-0.1, -0.05) is 56.1 Å². The minimum Gasteiger partial charge on any atom is -0.454 e. The standard InChI is InChI=1S/C24H18Br2N2O7/c25-20-14-9-15(21(20)26)19-18(14)22(30)27(23(19)31)16-7-2-1-6-13(16)24(32)35-10-17(29)11-4-3-5-12(8-11)28(33)34/h1-8,14-15,18-21H,9-10H2/t14-,15-,18-,19-,20+,21+/m1/s1. The normalized spacial score (nSPS) is 28.8. The maximum atomic E-state index is 13.4. The molecule has 3 aliphatic rings. The third-order valence-electron chi connectivity index (χ3n) is 7.07. The summed E-state index contributed by atoms with van der Waals surface area (Å²) in [6.07, 6.45) is 0.788. The number of imide groups is 1. The van der Waals surface area contributed by atoms with E-state index in [1.165, 1.54) is 30.3 Å². The summed E-state index contributed by atoms with van der Waals surface area (Å²) in [6.45, 7) is -0.651. The van der Waals surface area contributed by atoms with Gasteiger partial charge in [-0.3, -0.25) is 24.5 Å². The number of carbonyl (C=O) groups excluding carboxylic acids is 4. The summed E-state index contributed by atoms with van der Waals surface area (Å²) in [5.74, 6) is -2.98. The number of anilines is 1. The van der Waals surface area contributed by atoms with Gasteiger partial charge in [-0.15, -0.1) is 0 Å². The van der Waals surface area contributed by atoms with Crippen LogP contribution in [0.2, 0.25) is 0 Å². The van der Waals surface area contributed by atoms with E-state index in [0.717, 1.165) is 17.4 Å². The predicted octanol–water partition coefficient (Wildman–Crippen LogP) is 3.92. The molecule has 9 nitrogen and oxygen atoms in total. The van der Waals surface area contributed by atoms with Crippen LogP contribution in [0.25, 0.3) is 0 Å². The van der Waals surface area contributed by atoms with Crippen LogP contribution in [0.1, 0.15) is 27.1 Å². The molecule has 2 aromatic carbocycles. The van der Waals surface area contributed by atoms with Crippen molar-refractivity contribution in [3.05, 3.63) is 69.8 Å². The number of nitro benzene ring substituents is 1. The highest BCUT2D eigenvalue weighted by Gasteiger charge is 2.66. The zero-order valence-electron chi connectivity index (χ0n) is 18.0. The van der Waals surface area contributed by atoms with Gasteiger partial charge < -0.3 is 4.74 Å². The fourth-order valence-corrected chi connectivity index (χ4v) is 7.39. The Morgan fingerprint density at radius 3 is 2.26 bits per heavy atom. The maximum Gasteiger partial charge on any atom is 0.340 e. The fraction of sp³-hybridized carbons (Fsp3) is 0.333. The van der Waals surface area contributed by atoms with Gasteiger partial charge in [-0.25, -0.2) is 9.69 Å². The highest BCUT2D eigenvalue weighted by atomic mass is 79.9. The molecule has 2 aliphatic carbocycles. The minimum atomic E-state index is -0.878. The Labute approximate surface area is 216 Å². The van der Waals surface area contributed by atoms with E-state index in [1.54, 1.807) is 12.1 Å². The SMILES string of the molecule is O=C(COC(=O)c1ccccc1N1C(=O)[C@@H]2[C@H]3C[C@@H]([C@H](Br)[C@H]3Br)[C@H]2C1=O)c1cccc([N+](=O)[O-])c1. The van der Waals surface area contributed by atoms with Crippen molar-refractivity contribution >= 4 is 66.8 Å². The molecular formula is C24H18Br2N2O7. The average molecular weight is 606 g/mol. The van der Waals surface area contributed by atoms with Crippen molar-refractivity contribution in [2.24, 2.45) is 23.7 Å². The second-order valence-electron chi connectivity index (χ2n) is 8.84. The number of Topliss-reactive ketones (excluding diaryl/α,β-unsaturated/α-hetero) is 1. The Bertz CT molecular complexity index is 1250. The van der Waals surface area contributed by atoms with Crippen LogP contribution in [0, 0.1) is 33.8 Å². The van der Waals surface area contributed by atoms with E-state index in [-0.39, 0.29) is 55.8 Å². The average Bonchev–Trinajstić information content (AvgIpc) is 3.47. The Hall–Kier alpha value is -2.92. The number of hydrogen-bond donors (Lipinski definition) is 0. The lowest BCUT2D eigenvalue weighted by Crippen LogP contribution is -2.37. The van der Waals surface area contributed by atoms with Crippen molar-refractivity contribution in [1.29, 1.82) is 0 Å². The number of halogens is 2. The van der Waals surface area contributed by atoms with Gasteiger partial charge >= 0.3 is 5.97 Å². The second-order valence-corrected chi connectivity index (χ2v) is 11.0. The Morgan fingerprint density at radius 1 is 1.00 bits per heavy atom. The molecule has 1 saturated heterocycles. The number of esters is 1. The molecule has 6 atom stereocenters. The first-order valence-electron chi connectivity index (χ1n) is 10.9. The van der Waals surface area contributed by atoms with Crippen molar-refractivity contribution in [2.45, 2.75) is 16.1 Å². The molecule has 0 N–H and O–H groups in total. The smallest absolute Gasteiger partial charge is 0.340 e. The van der Waals surface area contributed by atoms with Gasteiger partial charge in [0, 0.05) is 27.4 Å². The van der Waals surface area contributed by atoms with Crippen LogP contribution in [0.5, 0.6) is 0 Å². The number of carbonyl (C=O) groups is 4. The van der Waals surface area contributed by atoms with E-state index >= 15 is 0 Å². The number of ether oxygens (including phenoxy) is 1. The summed E-state index contributed by atoms with van der Waals surface area (Å²) in [6, 6.07) is 11.2. The molecule has 0 unspecified atom stereocenters. The van der Waals surface area contributed by atoms with Gasteiger partial charge in [-0.2, -0.15) is 0 Å². The van der Waals surface area contributed by atoms with E-state index in [0.29, 0.717) is 0 Å². The quantitative estimate of drug-likeness (QED) is 0.122. The largest absolute Gasteiger partial charge is 0.454 e. The number of benzene rings is 2. The highest BCUT2D eigenvalue weighted by Crippen LogP contribution is 2.60. The molecule has 11 heteroatoms. The zero-order valence-corrected chi connectivity index (χ0v) is 21.2. The van der Waals surface area contributed by atoms with Crippen LogP contribution in [-0.4, -0.2) is 44.8 Å². The molecule has 35 heavy (non-hydrogen) atoms. The van der Waals surface area contributed by atoms with Gasteiger partial charge in [0.05, 0.1) is 28.0 Å². The van der Waals surface area contributed by atoms with Crippen molar-refractivity contribution in [1.82, 2.24) is 0 Å². The zero-order chi connectivity index (χ0) is 25.0. The molecule has 2 aromatic rings. The molecule has 180 valence electrons. The van der Waals surface area contributed by atoms with Gasteiger partial charge in [0.2, 0.25) is 17.6 Å². The van der Waals surface area contributed by atoms with Crippen molar-refractivity contribution in [3.8, 4) is 0 Å². The van der Waals surface area contributed by atoms with Gasteiger partial charge in [0.15, 0.2) is 6.61 Å². The van der Waals surface area contributed by atoms with Gasteiger partial charge in [0.25, 0.3) is 5.69 Å². The summed E-state index contributed by atoms with van der Waals surface area (Å²) in [7, 11) is 0. The first kappa shape index (κ1) is 23.8. The Balaban J connectivity index is 1.35. The molecular weight excluding hydrogens is 588 g/mol. The summed E-state index contributed by atoms with van der Waals surface area (Å²) >= 11 is 7.30. The van der Waals surface area contributed by atoms with Crippen LogP contribution in [0.3, 0.4) is 0 Å². The lowest BCUT2D eigenvalue weighted by atomic mass is 9.81. The van der Waals surface area contributed by atoms with E-state index in [1.807, 2.05) is 0 Å². The van der Waals surface area contributed by atoms with E-state index in [4.69, 9.17) is 4.74 Å². The number of para-hydroxylation sites is 1. The molecule has 0 spiro atoms. The molecule has 5 rings (SSSR count). The highest BCUT2D eigenvalue weighted by molar-refractivity contribution is 9.12. The summed E-state index contributed by atoms with van der Waals surface area (Å²) in [4.78, 5) is 63.6. The molecule has 0 aromatic heterocycles. The fourth-order valence-electron chi connectivity index (χ4n) is 5.51. The number of alkyl halides is 2. The monoisotopic (exact) mass is 604 g/mol. The van der Waals surface area contributed by atoms with Crippen molar-refractivity contribution in [3.63, 3.8) is 0 Å². The van der Waals surface area contributed by atoms with Crippen molar-refractivity contribution in [2.75, 3.05) is 11.5 Å². The lowest BCUT2D eigenvalue weighted by molar-refractivity contribution is -0.384. The number of nitrogens with zero attached hydrogens (tertiary/aromatic N) is 2. The Morgan fingerprint density at radius 2 is 1.63 bits per heavy atom. The summed E-state index contributed by atoms with van der Waals surface area (Å²) in [5, 5.41) is 10.9. The molecule has 2 bridgehead atoms. The number of amides is 2. The molecule has 2 amide bonds. The second kappa shape index (κ2) is 8.94. The Kier molecular flexibility index (Phi) is 6.08. The minimum absolute atomic E-state index is 0.0147. The van der Waals surface area contributed by atoms with Crippen LogP contribution in [0.4, 0.5) is 11.4 Å². The van der Waals surface area contributed by atoms with E-state index < -0.39 is 35.1 Å². The number of hydrogen-bond acceptors (Lipinski definition) is 7. The van der Waals surface area contributed by atoms with E-state index in [9.17, 15) is 29.3 Å². The maximum absolute atomic E-state index is 13.4. The molecule has 1 aliphatic heterocycles. The number of rotatable bonds is 6. The summed E-state index contributed by atoms with van der Waals surface area (Å²) in [5.41, 5.74) is -0.114. The van der Waals surface area contributed by atoms with Gasteiger partial charge in [-0.05, 0) is 30.4 Å². The number of ketones is 1. The van der Waals surface area contributed by atoms with Gasteiger partial charge in [0.1, 0.15) is 0 Å². The van der Waals surface area contributed by atoms with Crippen LogP contribution in [0.15, 0.2) is 48.5 Å². The van der Waals surface area contributed by atoms with Crippen LogP contribution in [-0.2, 0) is 14.3 Å². The van der Waals surface area contributed by atoms with E-state index in [2.05, 4.69) is 31.9 Å². The molecule has 2 saturated carbocycles. The lowest BCUT2D eigenvalue weighted by Gasteiger charge is -2.28. The molecule has 1 heterocycles. The third kappa shape index (κ3) is 3.81. The molecule has 3 fully saturated rings. The van der Waals surface area contributed by atoms with Crippen LogP contribution < -0.4 is 4.90 Å².